The van der Waals surface area contributed by atoms with Crippen LogP contribution in [0.5, 0.6) is 0 Å². The molecule has 1 rings (SSSR count). The van der Waals surface area contributed by atoms with Crippen LogP contribution in [0.1, 0.15) is 111 Å². The van der Waals surface area contributed by atoms with Crippen LogP contribution < -0.4 is 0 Å². The van der Waals surface area contributed by atoms with Gasteiger partial charge in [0.15, 0.2) is 6.34 Å². The summed E-state index contributed by atoms with van der Waals surface area (Å²) in [6.07, 6.45) is 26.4. The van der Waals surface area contributed by atoms with E-state index in [4.69, 9.17) is 0 Å². The molecule has 1 unspecified atom stereocenters. The van der Waals surface area contributed by atoms with Gasteiger partial charge in [0.1, 0.15) is 6.20 Å². The van der Waals surface area contributed by atoms with E-state index in [0.717, 1.165) is 4.48 Å². The maximum absolute atomic E-state index is 4.31. The Labute approximate surface area is 152 Å². The molecule has 0 aliphatic carbocycles. The van der Waals surface area contributed by atoms with Gasteiger partial charge in [-0.15, -0.1) is 0 Å². The molecule has 0 spiro atoms. The third kappa shape index (κ3) is 9.01. The van der Waals surface area contributed by atoms with Gasteiger partial charge in [-0.05, 0) is 26.7 Å². The Morgan fingerprint density at radius 1 is 0.708 bits per heavy atom. The molecule has 140 valence electrons. The van der Waals surface area contributed by atoms with Crippen molar-refractivity contribution in [1.82, 2.24) is 0 Å². The number of rotatable bonds is 16. The van der Waals surface area contributed by atoms with E-state index in [1.807, 2.05) is 6.20 Å². The molecule has 1 aliphatic heterocycles. The summed E-state index contributed by atoms with van der Waals surface area (Å²) >= 11 is 0. The van der Waals surface area contributed by atoms with Crippen molar-refractivity contribution in [2.24, 2.45) is 4.99 Å². The van der Waals surface area contributed by atoms with Crippen LogP contribution in [-0.2, 0) is 0 Å². The van der Waals surface area contributed by atoms with Crippen LogP contribution in [0.2, 0.25) is 0 Å². The minimum Gasteiger partial charge on any atom is -0.252 e. The minimum absolute atomic E-state index is 0.606. The molecule has 1 heterocycles. The number of hydrogen-bond donors (Lipinski definition) is 0. The average molecular weight is 336 g/mol. The largest absolute Gasteiger partial charge is 0.252 e. The van der Waals surface area contributed by atoms with Crippen molar-refractivity contribution in [3.8, 4) is 0 Å². The highest BCUT2D eigenvalue weighted by molar-refractivity contribution is 5.51. The Morgan fingerprint density at radius 3 is 1.54 bits per heavy atom. The van der Waals surface area contributed by atoms with Crippen LogP contribution in [0, 0.1) is 0 Å². The summed E-state index contributed by atoms with van der Waals surface area (Å²) in [5.41, 5.74) is 0. The second-order valence-corrected chi connectivity index (χ2v) is 7.97. The van der Waals surface area contributed by atoms with E-state index < -0.39 is 0 Å². The predicted octanol–water partition coefficient (Wildman–Crippen LogP) is 7.21. The topological polar surface area (TPSA) is 12.4 Å². The molecule has 0 radical (unpaired) electrons. The lowest BCUT2D eigenvalue weighted by atomic mass is 10.0. The van der Waals surface area contributed by atoms with Crippen LogP contribution in [-0.4, -0.2) is 23.4 Å². The Bertz CT molecular complexity index is 332. The first-order chi connectivity index (χ1) is 11.7. The molecule has 0 amide bonds. The molecule has 0 bridgehead atoms. The van der Waals surface area contributed by atoms with Crippen LogP contribution >= 0.6 is 0 Å². The lowest BCUT2D eigenvalue weighted by Gasteiger charge is -2.31. The molecule has 24 heavy (non-hydrogen) atoms. The fourth-order valence-electron chi connectivity index (χ4n) is 3.64. The minimum atomic E-state index is 0.606. The highest BCUT2D eigenvalue weighted by Crippen LogP contribution is 2.19. The van der Waals surface area contributed by atoms with Gasteiger partial charge >= 0.3 is 0 Å². The summed E-state index contributed by atoms with van der Waals surface area (Å²) in [7, 11) is 0. The summed E-state index contributed by atoms with van der Waals surface area (Å²) in [6, 6.07) is 0.606. The molecule has 0 aromatic heterocycles. The van der Waals surface area contributed by atoms with Gasteiger partial charge in [0.25, 0.3) is 0 Å². The molecule has 0 aromatic carbocycles. The SMILES string of the molecule is CCCCCCCCCCCCCCCC[N+]1(C(C)C)C=CN=C1. The first kappa shape index (κ1) is 21.4. The van der Waals surface area contributed by atoms with E-state index in [0.29, 0.717) is 6.04 Å². The number of hydrogen-bond acceptors (Lipinski definition) is 1. The number of aliphatic imine (C=N–C) groups is 1. The third-order valence-corrected chi connectivity index (χ3v) is 5.57. The molecule has 0 saturated carbocycles. The zero-order valence-electron chi connectivity index (χ0n) is 16.8. The van der Waals surface area contributed by atoms with Crippen LogP contribution in [0.25, 0.3) is 0 Å². The Kier molecular flexibility index (Phi) is 12.2. The molecule has 1 atom stereocenters. The van der Waals surface area contributed by atoms with E-state index in [-0.39, 0.29) is 0 Å². The number of unbranched alkanes of at least 4 members (excludes halogenated alkanes) is 13. The Balaban J connectivity index is 1.84. The smallest absolute Gasteiger partial charge is 0.194 e. The first-order valence-corrected chi connectivity index (χ1v) is 10.8. The summed E-state index contributed by atoms with van der Waals surface area (Å²) in [5.74, 6) is 0. The van der Waals surface area contributed by atoms with Crippen molar-refractivity contribution >= 4 is 6.34 Å². The van der Waals surface area contributed by atoms with E-state index >= 15 is 0 Å². The summed E-state index contributed by atoms with van der Waals surface area (Å²) in [6.45, 7) is 8.11. The first-order valence-electron chi connectivity index (χ1n) is 10.8. The van der Waals surface area contributed by atoms with Crippen molar-refractivity contribution in [3.63, 3.8) is 0 Å². The zero-order valence-corrected chi connectivity index (χ0v) is 16.8. The van der Waals surface area contributed by atoms with Crippen molar-refractivity contribution in [2.75, 3.05) is 6.54 Å². The normalized spacial score (nSPS) is 19.7. The van der Waals surface area contributed by atoms with Gasteiger partial charge in [-0.3, -0.25) is 4.48 Å². The fourth-order valence-corrected chi connectivity index (χ4v) is 3.64. The van der Waals surface area contributed by atoms with Gasteiger partial charge in [-0.1, -0.05) is 84.0 Å². The highest BCUT2D eigenvalue weighted by Gasteiger charge is 2.29. The zero-order chi connectivity index (χ0) is 17.5. The quantitative estimate of drug-likeness (QED) is 0.209. The van der Waals surface area contributed by atoms with Gasteiger partial charge in [0, 0.05) is 0 Å². The monoisotopic (exact) mass is 335 g/mol. The van der Waals surface area contributed by atoms with Gasteiger partial charge in [-0.2, -0.15) is 0 Å². The molecule has 0 fully saturated rings. The Hall–Kier alpha value is -0.630. The van der Waals surface area contributed by atoms with Gasteiger partial charge in [-0.25, -0.2) is 4.99 Å². The van der Waals surface area contributed by atoms with E-state index in [9.17, 15) is 0 Å². The van der Waals surface area contributed by atoms with Gasteiger partial charge in [0.05, 0.1) is 18.8 Å². The molecule has 0 aromatic rings. The maximum atomic E-state index is 4.31. The van der Waals surface area contributed by atoms with Crippen LogP contribution in [0.15, 0.2) is 17.4 Å². The van der Waals surface area contributed by atoms with Gasteiger partial charge < -0.3 is 0 Å². The maximum Gasteiger partial charge on any atom is 0.194 e. The van der Waals surface area contributed by atoms with Crippen molar-refractivity contribution in [2.45, 2.75) is 117 Å². The molecule has 2 heteroatoms. The molecule has 1 aliphatic rings. The number of quaternary nitrogens is 1. The van der Waals surface area contributed by atoms with Crippen molar-refractivity contribution in [1.29, 1.82) is 0 Å². The second kappa shape index (κ2) is 13.6. The molecule has 0 saturated heterocycles. The molecule has 2 nitrogen and oxygen atoms in total. The van der Waals surface area contributed by atoms with Crippen molar-refractivity contribution < 1.29 is 4.48 Å². The van der Waals surface area contributed by atoms with E-state index in [2.05, 4.69) is 38.3 Å². The van der Waals surface area contributed by atoms with Gasteiger partial charge in [0.2, 0.25) is 0 Å². The standard InChI is InChI=1S/C22H43N2/c1-4-5-6-7-8-9-10-11-12-13-14-15-16-17-19-24(22(2)3)20-18-23-21-24/h18,20-22H,4-17,19H2,1-3H3/q+1. The summed E-state index contributed by atoms with van der Waals surface area (Å²) < 4.78 is 0.957. The third-order valence-electron chi connectivity index (χ3n) is 5.57. The fraction of sp³-hybridized carbons (Fsp3) is 0.864. The van der Waals surface area contributed by atoms with Crippen LogP contribution in [0.3, 0.4) is 0 Å². The lowest BCUT2D eigenvalue weighted by Crippen LogP contribution is -2.46. The molecular weight excluding hydrogens is 292 g/mol. The second-order valence-electron chi connectivity index (χ2n) is 7.97. The Morgan fingerprint density at radius 2 is 1.17 bits per heavy atom. The highest BCUT2D eigenvalue weighted by atomic mass is 15.4. The predicted molar refractivity (Wildman–Crippen MR) is 108 cm³/mol. The summed E-state index contributed by atoms with van der Waals surface area (Å²) in [5, 5.41) is 0. The van der Waals surface area contributed by atoms with E-state index in [1.165, 1.54) is 96.4 Å². The molecule has 0 N–H and O–H groups in total. The molecular formula is C22H43N2+. The van der Waals surface area contributed by atoms with Crippen molar-refractivity contribution in [3.05, 3.63) is 12.4 Å². The van der Waals surface area contributed by atoms with Crippen LogP contribution in [0.4, 0.5) is 0 Å². The lowest BCUT2D eigenvalue weighted by molar-refractivity contribution is -0.803. The van der Waals surface area contributed by atoms with E-state index in [1.54, 1.807) is 0 Å². The number of nitrogens with zero attached hydrogens (tertiary/aromatic N) is 2. The average Bonchev–Trinajstić information content (AvgIpc) is 3.05. The summed E-state index contributed by atoms with van der Waals surface area (Å²) in [4.78, 5) is 4.31.